The Balaban J connectivity index is 0. The normalized spacial score (nSPS) is 15.3. The van der Waals surface area contributed by atoms with Crippen molar-refractivity contribution in [1.82, 2.24) is 10.6 Å². The largest absolute Gasteiger partial charge is 0.377 e. The van der Waals surface area contributed by atoms with Crippen LogP contribution in [0.4, 0.5) is 70.2 Å². The Morgan fingerprint density at radius 3 is 0.319 bits per heavy atom. The molecule has 6 N–H and O–H groups in total. The van der Waals surface area contributed by atoms with Crippen LogP contribution in [0, 0.1) is 93.1 Å². The summed E-state index contributed by atoms with van der Waals surface area (Å²) in [6.07, 6.45) is 0. The van der Waals surface area contributed by atoms with Crippen molar-refractivity contribution in [3.63, 3.8) is 0 Å². The molecule has 6 rings (SSSR count). The maximum atomic E-state index is 12.6. The first-order chi connectivity index (χ1) is 44.4. The van der Waals surface area contributed by atoms with E-state index in [1.165, 1.54) is 0 Å². The van der Waals surface area contributed by atoms with Gasteiger partial charge in [0.2, 0.25) is 0 Å². The van der Waals surface area contributed by atoms with Gasteiger partial charge in [0, 0.05) is 14.1 Å². The van der Waals surface area contributed by atoms with Crippen LogP contribution in [0.3, 0.4) is 0 Å². The number of hydrogen-bond donors (Lipinski definition) is 4. The molecule has 0 spiro atoms. The number of rotatable bonds is 0. The highest BCUT2D eigenvalue weighted by Crippen LogP contribution is 2.34. The van der Waals surface area contributed by atoms with Crippen molar-refractivity contribution in [3.05, 3.63) is 129 Å². The molecule has 2 aliphatic rings. The average Bonchev–Trinajstić information content (AvgIpc) is 0.848. The molecular weight excluding hydrogens is 1880 g/mol. The smallest absolute Gasteiger partial charge is 0.177 e. The van der Waals surface area contributed by atoms with Gasteiger partial charge >= 0.3 is 0 Å². The third-order valence-electron chi connectivity index (χ3n) is 9.58. The molecule has 4 aromatic rings. The topological polar surface area (TPSA) is 187 Å². The predicted molar refractivity (Wildman–Crippen MR) is 348 cm³/mol. The van der Waals surface area contributed by atoms with Crippen LogP contribution < -0.4 is 22.1 Å². The van der Waals surface area contributed by atoms with Crippen LogP contribution in [0.1, 0.15) is 0 Å². The van der Waals surface area contributed by atoms with E-state index >= 15 is 0 Å². The summed E-state index contributed by atoms with van der Waals surface area (Å²) in [7, 11) is 3.37. The Morgan fingerprint density at radius 1 is 0.223 bits per heavy atom. The lowest BCUT2D eigenvalue weighted by Gasteiger charge is -2.09. The monoisotopic (exact) mass is 1930 g/mol. The van der Waals surface area contributed by atoms with Crippen LogP contribution in [-0.4, -0.2) is 183 Å². The lowest BCUT2D eigenvalue weighted by molar-refractivity contribution is -0.0334. The Hall–Kier alpha value is -1.50. The highest BCUT2D eigenvalue weighted by atomic mass is 79.9. The van der Waals surface area contributed by atoms with Gasteiger partial charge in [-0.25, -0.2) is 70.2 Å². The van der Waals surface area contributed by atoms with Gasteiger partial charge in [-0.3, -0.25) is 0 Å². The number of nitrogens with two attached hydrogens (primary N) is 2. The molecular formula is C52H60Br8F16N4O12S2. The molecule has 16 nitrogen and oxygen atoms in total. The molecule has 2 aliphatic heterocycles. The first-order valence-corrected chi connectivity index (χ1v) is 33.1. The quantitative estimate of drug-likeness (QED) is 0.0563. The van der Waals surface area contributed by atoms with Gasteiger partial charge in [0.05, 0.1) is 194 Å². The standard InChI is InChI=1S/2C12H24O6.4C6Br2F4.2C2H6N2S/c2*1-2-14-5-6-16-9-10-18-12-11-17-8-7-15-4-3-13-1;4*7-1-3(9)5(11)2(8)6(12)4(1)10;2*1-4-2(3)5/h2*1-12H2;;;;;2*1H3,(H3,3,4,5). The molecule has 2 saturated heterocycles. The van der Waals surface area contributed by atoms with E-state index in [1.807, 2.05) is 0 Å². The molecule has 94 heavy (non-hydrogen) atoms. The van der Waals surface area contributed by atoms with Gasteiger partial charge in [-0.05, 0) is 152 Å². The highest BCUT2D eigenvalue weighted by Gasteiger charge is 2.25. The van der Waals surface area contributed by atoms with Gasteiger partial charge in [0.15, 0.2) is 103 Å². The van der Waals surface area contributed by atoms with Crippen LogP contribution in [0.15, 0.2) is 35.8 Å². The summed E-state index contributed by atoms with van der Waals surface area (Å²) >= 11 is 27.6. The zero-order chi connectivity index (χ0) is 71.9. The summed E-state index contributed by atoms with van der Waals surface area (Å²) < 4.78 is 258. The molecule has 0 radical (unpaired) electrons. The van der Waals surface area contributed by atoms with Crippen molar-refractivity contribution in [3.8, 4) is 0 Å². The molecule has 0 atom stereocenters. The Labute approximate surface area is 607 Å². The zero-order valence-corrected chi connectivity index (χ0v) is 63.2. The number of ether oxygens (including phenoxy) is 12. The average molecular weight is 1940 g/mol. The summed E-state index contributed by atoms with van der Waals surface area (Å²) in [4.78, 5) is 0. The lowest BCUT2D eigenvalue weighted by atomic mass is 10.3. The van der Waals surface area contributed by atoms with E-state index < -0.39 is 129 Å². The first kappa shape index (κ1) is 94.6. The third-order valence-corrected chi connectivity index (χ3v) is 15.6. The summed E-state index contributed by atoms with van der Waals surface area (Å²) in [5, 5.41) is 5.75. The van der Waals surface area contributed by atoms with Crippen molar-refractivity contribution in [2.45, 2.75) is 0 Å². The van der Waals surface area contributed by atoms with Crippen LogP contribution in [-0.2, 0) is 56.8 Å². The fourth-order valence-electron chi connectivity index (χ4n) is 4.95. The van der Waals surface area contributed by atoms with Gasteiger partial charge in [-0.15, -0.1) is 0 Å². The third kappa shape index (κ3) is 40.1. The molecule has 0 saturated carbocycles. The van der Waals surface area contributed by atoms with Gasteiger partial charge in [-0.1, -0.05) is 0 Å². The molecule has 0 unspecified atom stereocenters. The second kappa shape index (κ2) is 57.2. The fourth-order valence-corrected chi connectivity index (χ4v) is 7.74. The molecule has 0 aromatic heterocycles. The van der Waals surface area contributed by atoms with E-state index in [4.69, 9.17) is 68.3 Å². The van der Waals surface area contributed by atoms with Crippen LogP contribution in [0.5, 0.6) is 0 Å². The minimum Gasteiger partial charge on any atom is -0.377 e. The maximum absolute atomic E-state index is 12.6. The van der Waals surface area contributed by atoms with Gasteiger partial charge in [0.1, 0.15) is 0 Å². The van der Waals surface area contributed by atoms with Gasteiger partial charge in [-0.2, -0.15) is 0 Å². The van der Waals surface area contributed by atoms with E-state index in [2.05, 4.69) is 163 Å². The van der Waals surface area contributed by atoms with E-state index in [1.54, 1.807) is 14.1 Å². The van der Waals surface area contributed by atoms with Crippen LogP contribution in [0.2, 0.25) is 0 Å². The first-order valence-electron chi connectivity index (χ1n) is 25.9. The molecule has 2 fully saturated rings. The minimum atomic E-state index is -1.46. The van der Waals surface area contributed by atoms with E-state index in [0.717, 1.165) is 0 Å². The van der Waals surface area contributed by atoms with Crippen LogP contribution >= 0.6 is 152 Å². The number of thiocarbonyl (C=S) groups is 2. The molecule has 2 heterocycles. The zero-order valence-electron chi connectivity index (χ0n) is 48.9. The van der Waals surface area contributed by atoms with Crippen molar-refractivity contribution in [1.29, 1.82) is 0 Å². The predicted octanol–water partition coefficient (Wildman–Crippen LogP) is 14.2. The Bertz CT molecular complexity index is 1970. The van der Waals surface area contributed by atoms with Crippen molar-refractivity contribution in [2.75, 3.05) is 173 Å². The van der Waals surface area contributed by atoms with E-state index in [0.29, 0.717) is 169 Å². The molecule has 4 aromatic carbocycles. The summed E-state index contributed by atoms with van der Waals surface area (Å²) in [6.45, 7) is 14.1. The molecule has 0 aliphatic carbocycles. The van der Waals surface area contributed by atoms with Crippen molar-refractivity contribution < 1.29 is 127 Å². The molecule has 42 heteroatoms. The van der Waals surface area contributed by atoms with Gasteiger partial charge in [0.25, 0.3) is 0 Å². The summed E-state index contributed by atoms with van der Waals surface area (Å²) in [6, 6.07) is 0. The molecule has 0 bridgehead atoms. The second-order valence-electron chi connectivity index (χ2n) is 16.1. The number of hydrogen-bond acceptors (Lipinski definition) is 14. The highest BCUT2D eigenvalue weighted by molar-refractivity contribution is 9.11. The number of nitrogens with one attached hydrogen (secondary N) is 2. The minimum absolute atomic E-state index is 0.338. The summed E-state index contributed by atoms with van der Waals surface area (Å²) in [5.41, 5.74) is 9.82. The number of benzene rings is 4. The van der Waals surface area contributed by atoms with Crippen molar-refractivity contribution >= 4 is 162 Å². The number of halogens is 24. The molecule has 0 amide bonds. The lowest BCUT2D eigenvalue weighted by Crippen LogP contribution is -2.24. The molecule has 540 valence electrons. The Kier molecular flexibility index (Phi) is 57.5. The Morgan fingerprint density at radius 2 is 0.277 bits per heavy atom. The maximum Gasteiger partial charge on any atom is 0.177 e. The SMILES string of the molecule is C1COCCOCCOCCOCCOCCO1.C1COCCOCCOCCOCCOCCO1.CNC(N)=S.CNC(N)=S.Fc1c(F)c(Br)c(F)c(F)c1Br.Fc1c(F)c(Br)c(F)c(F)c1Br.Fc1c(F)c(Br)c(F)c(F)c1Br.Fc1c(F)c(Br)c(F)c(F)c1Br. The second-order valence-corrected chi connectivity index (χ2v) is 23.3. The van der Waals surface area contributed by atoms with Crippen molar-refractivity contribution in [2.24, 2.45) is 11.5 Å². The van der Waals surface area contributed by atoms with E-state index in [9.17, 15) is 70.2 Å². The van der Waals surface area contributed by atoms with Gasteiger partial charge < -0.3 is 78.9 Å². The van der Waals surface area contributed by atoms with Crippen LogP contribution in [0.25, 0.3) is 0 Å². The summed E-state index contributed by atoms with van der Waals surface area (Å²) in [5.74, 6) is -23.3. The fraction of sp³-hybridized carbons (Fsp3) is 0.500. The van der Waals surface area contributed by atoms with E-state index in [-0.39, 0.29) is 0 Å².